The van der Waals surface area contributed by atoms with Gasteiger partial charge < -0.3 is 9.73 Å². The SMILES string of the molecule is O=C1C[C@@H](NCc2ccc(F)cc2)C(=O)N1c1ccc(-c2nc3ccccc3o2)cc1. The highest BCUT2D eigenvalue weighted by Crippen LogP contribution is 2.28. The Morgan fingerprint density at radius 1 is 1.00 bits per heavy atom. The number of rotatable bonds is 5. The smallest absolute Gasteiger partial charge is 0.251 e. The molecule has 0 spiro atoms. The summed E-state index contributed by atoms with van der Waals surface area (Å²) < 4.78 is 18.8. The van der Waals surface area contributed by atoms with E-state index in [1.165, 1.54) is 17.0 Å². The molecule has 7 heteroatoms. The van der Waals surface area contributed by atoms with E-state index in [4.69, 9.17) is 4.42 Å². The molecule has 154 valence electrons. The number of imide groups is 1. The number of nitrogens with one attached hydrogen (secondary N) is 1. The third-order valence-corrected chi connectivity index (χ3v) is 5.28. The average Bonchev–Trinajstić information content (AvgIpc) is 3.34. The molecule has 31 heavy (non-hydrogen) atoms. The highest BCUT2D eigenvalue weighted by Gasteiger charge is 2.39. The van der Waals surface area contributed by atoms with Crippen LogP contribution in [0.3, 0.4) is 0 Å². The minimum atomic E-state index is -0.616. The van der Waals surface area contributed by atoms with Gasteiger partial charge in [0.15, 0.2) is 5.58 Å². The Bertz CT molecular complexity index is 1230. The number of carbonyl (C=O) groups is 2. The fraction of sp³-hybridized carbons (Fsp3) is 0.125. The number of halogens is 1. The van der Waals surface area contributed by atoms with Crippen molar-refractivity contribution in [1.82, 2.24) is 10.3 Å². The van der Waals surface area contributed by atoms with Crippen LogP contribution in [0.2, 0.25) is 0 Å². The van der Waals surface area contributed by atoms with E-state index in [0.717, 1.165) is 16.6 Å². The summed E-state index contributed by atoms with van der Waals surface area (Å²) in [6.07, 6.45) is 0.0763. The molecule has 0 radical (unpaired) electrons. The maximum Gasteiger partial charge on any atom is 0.251 e. The number of para-hydroxylation sites is 2. The van der Waals surface area contributed by atoms with Crippen molar-refractivity contribution in [2.45, 2.75) is 19.0 Å². The summed E-state index contributed by atoms with van der Waals surface area (Å²) in [5.74, 6) is -0.410. The van der Waals surface area contributed by atoms with E-state index in [2.05, 4.69) is 10.3 Å². The lowest BCUT2D eigenvalue weighted by molar-refractivity contribution is -0.121. The van der Waals surface area contributed by atoms with Crippen molar-refractivity contribution in [2.75, 3.05) is 4.90 Å². The van der Waals surface area contributed by atoms with Crippen molar-refractivity contribution >= 4 is 28.6 Å². The lowest BCUT2D eigenvalue weighted by Gasteiger charge is -2.16. The van der Waals surface area contributed by atoms with Crippen LogP contribution in [0.1, 0.15) is 12.0 Å². The molecule has 0 unspecified atom stereocenters. The number of hydrogen-bond acceptors (Lipinski definition) is 5. The zero-order valence-electron chi connectivity index (χ0n) is 16.4. The number of amides is 2. The molecule has 2 amide bonds. The summed E-state index contributed by atoms with van der Waals surface area (Å²) in [4.78, 5) is 31.0. The zero-order chi connectivity index (χ0) is 21.4. The zero-order valence-corrected chi connectivity index (χ0v) is 16.4. The van der Waals surface area contributed by atoms with Gasteiger partial charge in [-0.1, -0.05) is 24.3 Å². The predicted molar refractivity (Wildman–Crippen MR) is 114 cm³/mol. The van der Waals surface area contributed by atoms with Crippen LogP contribution < -0.4 is 10.2 Å². The molecule has 2 heterocycles. The van der Waals surface area contributed by atoms with E-state index >= 15 is 0 Å². The van der Waals surface area contributed by atoms with Crippen LogP contribution >= 0.6 is 0 Å². The number of oxazole rings is 1. The van der Waals surface area contributed by atoms with Crippen LogP contribution in [0.5, 0.6) is 0 Å². The van der Waals surface area contributed by atoms with Gasteiger partial charge in [0.05, 0.1) is 18.2 Å². The third-order valence-electron chi connectivity index (χ3n) is 5.28. The van der Waals surface area contributed by atoms with Gasteiger partial charge in [-0.05, 0) is 54.1 Å². The van der Waals surface area contributed by atoms with Gasteiger partial charge in [0.25, 0.3) is 5.91 Å². The van der Waals surface area contributed by atoms with Crippen LogP contribution in [-0.2, 0) is 16.1 Å². The number of fused-ring (bicyclic) bond motifs is 1. The van der Waals surface area contributed by atoms with Crippen molar-refractivity contribution in [3.63, 3.8) is 0 Å². The van der Waals surface area contributed by atoms with E-state index < -0.39 is 6.04 Å². The van der Waals surface area contributed by atoms with Crippen molar-refractivity contribution in [3.8, 4) is 11.5 Å². The minimum absolute atomic E-state index is 0.0763. The van der Waals surface area contributed by atoms with Crippen molar-refractivity contribution in [3.05, 3.63) is 84.2 Å². The number of aromatic nitrogens is 1. The summed E-state index contributed by atoms with van der Waals surface area (Å²) in [7, 11) is 0. The third kappa shape index (κ3) is 3.71. The van der Waals surface area contributed by atoms with Crippen LogP contribution in [0.15, 0.2) is 77.2 Å². The second-order valence-electron chi connectivity index (χ2n) is 7.37. The second kappa shape index (κ2) is 7.77. The molecule has 0 bridgehead atoms. The molecule has 4 aromatic rings. The van der Waals surface area contributed by atoms with Crippen LogP contribution in [0.4, 0.5) is 10.1 Å². The molecule has 1 aliphatic rings. The van der Waals surface area contributed by atoms with Gasteiger partial charge in [0.2, 0.25) is 11.8 Å². The first kappa shape index (κ1) is 19.1. The molecule has 1 aromatic heterocycles. The number of nitrogens with zero attached hydrogens (tertiary/aromatic N) is 2. The Balaban J connectivity index is 1.30. The maximum absolute atomic E-state index is 13.0. The lowest BCUT2D eigenvalue weighted by atomic mass is 10.2. The minimum Gasteiger partial charge on any atom is -0.436 e. The molecular weight excluding hydrogens is 397 g/mol. The summed E-state index contributed by atoms with van der Waals surface area (Å²) >= 11 is 0. The first-order valence-electron chi connectivity index (χ1n) is 9.89. The highest BCUT2D eigenvalue weighted by atomic mass is 19.1. The molecular formula is C24H18FN3O3. The van der Waals surface area contributed by atoms with Gasteiger partial charge in [0, 0.05) is 12.1 Å². The van der Waals surface area contributed by atoms with Crippen molar-refractivity contribution in [2.24, 2.45) is 0 Å². The molecule has 5 rings (SSSR count). The van der Waals surface area contributed by atoms with Gasteiger partial charge in [-0.15, -0.1) is 0 Å². The molecule has 0 aliphatic carbocycles. The predicted octanol–water partition coefficient (Wildman–Crippen LogP) is 4.06. The highest BCUT2D eigenvalue weighted by molar-refractivity contribution is 6.22. The summed E-state index contributed by atoms with van der Waals surface area (Å²) in [5.41, 5.74) is 3.55. The first-order valence-corrected chi connectivity index (χ1v) is 9.89. The Morgan fingerprint density at radius 2 is 1.74 bits per heavy atom. The van der Waals surface area contributed by atoms with E-state index in [9.17, 15) is 14.0 Å². The standard InChI is InChI=1S/C24H18FN3O3/c25-17-9-5-15(6-10-17)14-26-20-13-22(29)28(24(20)30)18-11-7-16(8-12-18)23-27-19-3-1-2-4-21(19)31-23/h1-12,20,26H,13-14H2/t20-/m1/s1. The maximum atomic E-state index is 13.0. The average molecular weight is 415 g/mol. The van der Waals surface area contributed by atoms with E-state index in [0.29, 0.717) is 23.7 Å². The topological polar surface area (TPSA) is 75.4 Å². The van der Waals surface area contributed by atoms with Crippen LogP contribution in [0.25, 0.3) is 22.6 Å². The largest absolute Gasteiger partial charge is 0.436 e. The van der Waals surface area contributed by atoms with Gasteiger partial charge in [-0.25, -0.2) is 14.3 Å². The van der Waals surface area contributed by atoms with Gasteiger partial charge in [-0.2, -0.15) is 0 Å². The molecule has 1 aliphatic heterocycles. The fourth-order valence-corrected chi connectivity index (χ4v) is 3.65. The van der Waals surface area contributed by atoms with Gasteiger partial charge in [0.1, 0.15) is 11.3 Å². The first-order chi connectivity index (χ1) is 15.1. The molecule has 3 aromatic carbocycles. The Labute approximate surface area is 177 Å². The Hall–Kier alpha value is -3.84. The molecule has 1 fully saturated rings. The second-order valence-corrected chi connectivity index (χ2v) is 7.37. The fourth-order valence-electron chi connectivity index (χ4n) is 3.65. The van der Waals surface area contributed by atoms with Crippen molar-refractivity contribution in [1.29, 1.82) is 0 Å². The van der Waals surface area contributed by atoms with E-state index in [-0.39, 0.29) is 24.1 Å². The lowest BCUT2D eigenvalue weighted by Crippen LogP contribution is -2.38. The number of hydrogen-bond donors (Lipinski definition) is 1. The number of benzene rings is 3. The summed E-state index contributed by atoms with van der Waals surface area (Å²) in [6.45, 7) is 0.370. The van der Waals surface area contributed by atoms with Crippen LogP contribution in [-0.4, -0.2) is 22.8 Å². The molecule has 6 nitrogen and oxygen atoms in total. The summed E-state index contributed by atoms with van der Waals surface area (Å²) in [6, 6.07) is 19.9. The van der Waals surface area contributed by atoms with E-state index in [1.807, 2.05) is 24.3 Å². The Morgan fingerprint density at radius 3 is 2.48 bits per heavy atom. The van der Waals surface area contributed by atoms with Gasteiger partial charge in [-0.3, -0.25) is 9.59 Å². The molecule has 1 saturated heterocycles. The molecule has 1 atom stereocenters. The van der Waals surface area contributed by atoms with Gasteiger partial charge >= 0.3 is 0 Å². The van der Waals surface area contributed by atoms with Crippen LogP contribution in [0, 0.1) is 5.82 Å². The Kier molecular flexibility index (Phi) is 4.80. The molecule has 0 saturated carbocycles. The molecule has 1 N–H and O–H groups in total. The normalized spacial score (nSPS) is 16.4. The quantitative estimate of drug-likeness (QED) is 0.498. The number of anilines is 1. The van der Waals surface area contributed by atoms with Crippen molar-refractivity contribution < 1.29 is 18.4 Å². The summed E-state index contributed by atoms with van der Waals surface area (Å²) in [5, 5.41) is 3.09. The number of carbonyl (C=O) groups excluding carboxylic acids is 2. The van der Waals surface area contributed by atoms with E-state index in [1.54, 1.807) is 36.4 Å². The monoisotopic (exact) mass is 415 g/mol.